The summed E-state index contributed by atoms with van der Waals surface area (Å²) in [6.07, 6.45) is 0.872. The Morgan fingerprint density at radius 3 is 2.50 bits per heavy atom. The zero-order valence-corrected chi connectivity index (χ0v) is 11.2. The molecule has 1 heterocycles. The summed E-state index contributed by atoms with van der Waals surface area (Å²) in [6.45, 7) is 1.78. The molecule has 0 saturated heterocycles. The van der Waals surface area contributed by atoms with E-state index in [-0.39, 0.29) is 5.78 Å². The van der Waals surface area contributed by atoms with Gasteiger partial charge in [0.05, 0.1) is 34.4 Å². The van der Waals surface area contributed by atoms with Crippen molar-refractivity contribution in [2.75, 3.05) is 40.9 Å². The Labute approximate surface area is 108 Å². The molecule has 0 atom stereocenters. The van der Waals surface area contributed by atoms with Crippen molar-refractivity contribution in [2.45, 2.75) is 6.42 Å². The summed E-state index contributed by atoms with van der Waals surface area (Å²) in [7, 11) is 6.00. The number of nitrogens with zero attached hydrogens (tertiary/aromatic N) is 1. The molecule has 0 saturated carbocycles. The third-order valence-electron chi connectivity index (χ3n) is 2.69. The zero-order chi connectivity index (χ0) is 13.2. The number of ether oxygens (including phenoxy) is 2. The van der Waals surface area contributed by atoms with E-state index in [1.165, 1.54) is 0 Å². The Morgan fingerprint density at radius 1 is 1.17 bits per heavy atom. The average molecular weight is 250 g/mol. The van der Waals surface area contributed by atoms with Crippen LogP contribution in [0.5, 0.6) is 11.5 Å². The lowest BCUT2D eigenvalue weighted by Crippen LogP contribution is -2.39. The number of hydrogen-bond donors (Lipinski definition) is 0. The van der Waals surface area contributed by atoms with Crippen molar-refractivity contribution in [1.82, 2.24) is 0 Å². The lowest BCUT2D eigenvalue weighted by Gasteiger charge is -2.22. The first kappa shape index (κ1) is 12.9. The normalized spacial score (nSPS) is 15.1. The van der Waals surface area contributed by atoms with E-state index < -0.39 is 0 Å². The van der Waals surface area contributed by atoms with Crippen molar-refractivity contribution in [3.63, 3.8) is 0 Å². The Kier molecular flexibility index (Phi) is 3.57. The van der Waals surface area contributed by atoms with Gasteiger partial charge in [0, 0.05) is 12.0 Å². The molecule has 1 aliphatic heterocycles. The van der Waals surface area contributed by atoms with E-state index in [1.54, 1.807) is 6.07 Å². The van der Waals surface area contributed by atoms with E-state index in [4.69, 9.17) is 9.47 Å². The second kappa shape index (κ2) is 4.98. The zero-order valence-electron chi connectivity index (χ0n) is 11.2. The van der Waals surface area contributed by atoms with Gasteiger partial charge in [0.2, 0.25) is 5.78 Å². The van der Waals surface area contributed by atoms with E-state index in [0.29, 0.717) is 35.6 Å². The molecule has 0 aromatic heterocycles. The SMILES string of the molecule is C[N+](C)(C)CC(=O)c1ccc2c(c1)OCCCO2. The molecule has 4 nitrogen and oxygen atoms in total. The lowest BCUT2D eigenvalue weighted by molar-refractivity contribution is -0.861. The van der Waals surface area contributed by atoms with E-state index in [1.807, 2.05) is 33.3 Å². The molecule has 18 heavy (non-hydrogen) atoms. The van der Waals surface area contributed by atoms with Crippen molar-refractivity contribution in [2.24, 2.45) is 0 Å². The highest BCUT2D eigenvalue weighted by Crippen LogP contribution is 2.30. The Bertz CT molecular complexity index is 449. The molecule has 0 bridgehead atoms. The van der Waals surface area contributed by atoms with Crippen LogP contribution in [0.2, 0.25) is 0 Å². The second-order valence-corrected chi connectivity index (χ2v) is 5.58. The highest BCUT2D eigenvalue weighted by molar-refractivity contribution is 5.97. The van der Waals surface area contributed by atoms with Crippen molar-refractivity contribution < 1.29 is 18.8 Å². The Balaban J connectivity index is 2.20. The van der Waals surface area contributed by atoms with Gasteiger partial charge in [0.25, 0.3) is 0 Å². The van der Waals surface area contributed by atoms with Crippen LogP contribution in [0.4, 0.5) is 0 Å². The van der Waals surface area contributed by atoms with Crippen molar-refractivity contribution in [3.05, 3.63) is 23.8 Å². The van der Waals surface area contributed by atoms with Crippen molar-refractivity contribution >= 4 is 5.78 Å². The molecule has 1 aliphatic rings. The van der Waals surface area contributed by atoms with Crippen LogP contribution in [-0.2, 0) is 0 Å². The predicted molar refractivity (Wildman–Crippen MR) is 69.3 cm³/mol. The molecule has 4 heteroatoms. The number of ketones is 1. The van der Waals surface area contributed by atoms with Gasteiger partial charge in [-0.1, -0.05) is 0 Å². The Hall–Kier alpha value is -1.55. The number of rotatable bonds is 3. The van der Waals surface area contributed by atoms with Gasteiger partial charge in [0.1, 0.15) is 6.54 Å². The van der Waals surface area contributed by atoms with Gasteiger partial charge >= 0.3 is 0 Å². The summed E-state index contributed by atoms with van der Waals surface area (Å²) < 4.78 is 11.7. The third kappa shape index (κ3) is 3.23. The molecule has 0 spiro atoms. The van der Waals surface area contributed by atoms with E-state index in [2.05, 4.69) is 0 Å². The maximum Gasteiger partial charge on any atom is 0.217 e. The number of carbonyl (C=O) groups is 1. The van der Waals surface area contributed by atoms with Crippen LogP contribution in [0.3, 0.4) is 0 Å². The van der Waals surface area contributed by atoms with Crippen LogP contribution in [0.25, 0.3) is 0 Å². The van der Waals surface area contributed by atoms with Gasteiger partial charge in [-0.05, 0) is 18.2 Å². The summed E-state index contributed by atoms with van der Waals surface area (Å²) in [5.74, 6) is 1.53. The average Bonchev–Trinajstić information content (AvgIpc) is 2.50. The van der Waals surface area contributed by atoms with Crippen LogP contribution in [0.15, 0.2) is 18.2 Å². The summed E-state index contributed by atoms with van der Waals surface area (Å²) in [6, 6.07) is 5.42. The standard InChI is InChI=1S/C14H20NO3/c1-15(2,3)10-12(16)11-5-6-13-14(9-11)18-8-4-7-17-13/h5-6,9H,4,7-8,10H2,1-3H3/q+1. The summed E-state index contributed by atoms with van der Waals surface area (Å²) in [4.78, 5) is 12.1. The number of quaternary nitrogens is 1. The number of carbonyl (C=O) groups excluding carboxylic acids is 1. The molecule has 2 rings (SSSR count). The van der Waals surface area contributed by atoms with E-state index in [9.17, 15) is 4.79 Å². The van der Waals surface area contributed by atoms with Gasteiger partial charge in [-0.2, -0.15) is 0 Å². The van der Waals surface area contributed by atoms with Crippen molar-refractivity contribution in [1.29, 1.82) is 0 Å². The minimum Gasteiger partial charge on any atom is -0.490 e. The van der Waals surface area contributed by atoms with Gasteiger partial charge < -0.3 is 14.0 Å². The monoisotopic (exact) mass is 250 g/mol. The predicted octanol–water partition coefficient (Wildman–Crippen LogP) is 1.74. The van der Waals surface area contributed by atoms with Gasteiger partial charge in [-0.15, -0.1) is 0 Å². The maximum absolute atomic E-state index is 12.1. The van der Waals surface area contributed by atoms with Crippen LogP contribution in [-0.4, -0.2) is 51.2 Å². The Morgan fingerprint density at radius 2 is 1.83 bits per heavy atom. The maximum atomic E-state index is 12.1. The second-order valence-electron chi connectivity index (χ2n) is 5.58. The topological polar surface area (TPSA) is 35.5 Å². The number of fused-ring (bicyclic) bond motifs is 1. The minimum atomic E-state index is 0.123. The van der Waals surface area contributed by atoms with Crippen LogP contribution >= 0.6 is 0 Å². The number of hydrogen-bond acceptors (Lipinski definition) is 3. The molecule has 0 fully saturated rings. The molecule has 1 aromatic rings. The van der Waals surface area contributed by atoms with Gasteiger partial charge in [-0.25, -0.2) is 0 Å². The van der Waals surface area contributed by atoms with E-state index in [0.717, 1.165) is 12.2 Å². The molecular formula is C14H20NO3+. The minimum absolute atomic E-state index is 0.123. The first-order valence-corrected chi connectivity index (χ1v) is 6.19. The number of benzene rings is 1. The highest BCUT2D eigenvalue weighted by atomic mass is 16.5. The van der Waals surface area contributed by atoms with Crippen molar-refractivity contribution in [3.8, 4) is 11.5 Å². The third-order valence-corrected chi connectivity index (χ3v) is 2.69. The highest BCUT2D eigenvalue weighted by Gasteiger charge is 2.19. The molecule has 0 radical (unpaired) electrons. The van der Waals surface area contributed by atoms with Gasteiger partial charge in [-0.3, -0.25) is 4.79 Å². The van der Waals surface area contributed by atoms with Gasteiger partial charge in [0.15, 0.2) is 11.5 Å². The fourth-order valence-corrected chi connectivity index (χ4v) is 1.86. The first-order chi connectivity index (χ1) is 8.46. The molecule has 1 aromatic carbocycles. The van der Waals surface area contributed by atoms with E-state index >= 15 is 0 Å². The number of likely N-dealkylation sites (N-methyl/N-ethyl adjacent to an activating group) is 1. The molecule has 0 N–H and O–H groups in total. The first-order valence-electron chi connectivity index (χ1n) is 6.19. The largest absolute Gasteiger partial charge is 0.490 e. The fraction of sp³-hybridized carbons (Fsp3) is 0.500. The lowest BCUT2D eigenvalue weighted by atomic mass is 10.1. The summed E-state index contributed by atoms with van der Waals surface area (Å²) >= 11 is 0. The van der Waals surface area contributed by atoms with Crippen LogP contribution < -0.4 is 9.47 Å². The quantitative estimate of drug-likeness (QED) is 0.605. The van der Waals surface area contributed by atoms with Crippen LogP contribution in [0.1, 0.15) is 16.8 Å². The molecule has 0 unspecified atom stereocenters. The summed E-state index contributed by atoms with van der Waals surface area (Å²) in [5.41, 5.74) is 0.687. The molecule has 0 aliphatic carbocycles. The molecular weight excluding hydrogens is 230 g/mol. The fourth-order valence-electron chi connectivity index (χ4n) is 1.86. The number of Topliss-reactive ketones (excluding diaryl/α,β-unsaturated/α-hetero) is 1. The molecule has 98 valence electrons. The molecule has 0 amide bonds. The smallest absolute Gasteiger partial charge is 0.217 e. The summed E-state index contributed by atoms with van der Waals surface area (Å²) in [5, 5.41) is 0. The van der Waals surface area contributed by atoms with Crippen LogP contribution in [0, 0.1) is 0 Å².